The average molecular weight is 587 g/mol. The highest BCUT2D eigenvalue weighted by Crippen LogP contribution is 2.44. The summed E-state index contributed by atoms with van der Waals surface area (Å²) in [6.45, 7) is 0. The third-order valence-corrected chi connectivity index (χ3v) is 9.07. The molecule has 0 aliphatic carbocycles. The number of para-hydroxylation sites is 1. The van der Waals surface area contributed by atoms with Crippen molar-refractivity contribution >= 4 is 53.4 Å². The Morgan fingerprint density at radius 3 is 2.05 bits per heavy atom. The molecule has 44 heavy (non-hydrogen) atoms. The number of benzene rings is 6. The fourth-order valence-corrected chi connectivity index (χ4v) is 7.12. The van der Waals surface area contributed by atoms with Gasteiger partial charge in [0.2, 0.25) is 0 Å². The Morgan fingerprint density at radius 1 is 0.523 bits per heavy atom. The van der Waals surface area contributed by atoms with Crippen molar-refractivity contribution in [1.82, 2.24) is 15.0 Å². The highest BCUT2D eigenvalue weighted by Gasteiger charge is 2.20. The molecule has 206 valence electrons. The van der Waals surface area contributed by atoms with Crippen LogP contribution >= 0.6 is 11.3 Å². The first-order chi connectivity index (χ1) is 23.9. The van der Waals surface area contributed by atoms with Crippen LogP contribution in [0.2, 0.25) is 0 Å². The lowest BCUT2D eigenvalue weighted by molar-refractivity contribution is 0.670. The van der Waals surface area contributed by atoms with Crippen molar-refractivity contribution in [3.8, 4) is 45.3 Å². The molecular formula is C39H23N3OS. The quantitative estimate of drug-likeness (QED) is 0.206. The zero-order chi connectivity index (χ0) is 33.4. The average Bonchev–Trinajstić information content (AvgIpc) is 3.72. The topological polar surface area (TPSA) is 51.8 Å². The number of aromatic nitrogens is 3. The Labute approximate surface area is 264 Å². The van der Waals surface area contributed by atoms with E-state index >= 15 is 0 Å². The van der Waals surface area contributed by atoms with E-state index < -0.39 is 18.1 Å². The minimum atomic E-state index is -0.479. The third-order valence-electron chi connectivity index (χ3n) is 7.85. The van der Waals surface area contributed by atoms with Gasteiger partial charge in [-0.2, -0.15) is 0 Å². The number of nitrogens with zero attached hydrogens (tertiary/aromatic N) is 3. The molecule has 0 fully saturated rings. The summed E-state index contributed by atoms with van der Waals surface area (Å²) < 4.78 is 51.0. The van der Waals surface area contributed by atoms with Gasteiger partial charge in [0.15, 0.2) is 17.5 Å². The van der Waals surface area contributed by atoms with Crippen LogP contribution in [-0.2, 0) is 0 Å². The number of hydrogen-bond acceptors (Lipinski definition) is 5. The Bertz CT molecular complexity index is 2770. The molecule has 0 atom stereocenters. The maximum absolute atomic E-state index is 8.65. The van der Waals surface area contributed by atoms with Gasteiger partial charge in [0.25, 0.3) is 0 Å². The lowest BCUT2D eigenvalue weighted by atomic mass is 9.99. The highest BCUT2D eigenvalue weighted by molar-refractivity contribution is 7.26. The van der Waals surface area contributed by atoms with Crippen LogP contribution in [0, 0.1) is 0 Å². The van der Waals surface area contributed by atoms with Crippen LogP contribution in [0.1, 0.15) is 6.85 Å². The molecule has 0 amide bonds. The summed E-state index contributed by atoms with van der Waals surface area (Å²) in [6.07, 6.45) is 0. The molecular weight excluding hydrogens is 559 g/mol. The number of fused-ring (bicyclic) bond motifs is 6. The van der Waals surface area contributed by atoms with E-state index in [0.717, 1.165) is 27.5 Å². The normalized spacial score (nSPS) is 13.2. The van der Waals surface area contributed by atoms with Crippen LogP contribution in [0.3, 0.4) is 0 Å². The van der Waals surface area contributed by atoms with Crippen molar-refractivity contribution in [2.24, 2.45) is 0 Å². The van der Waals surface area contributed by atoms with Gasteiger partial charge in [-0.1, -0.05) is 127 Å². The molecule has 0 spiro atoms. The summed E-state index contributed by atoms with van der Waals surface area (Å²) in [5.74, 6) is 0.595. The fourth-order valence-electron chi connectivity index (χ4n) is 5.89. The van der Waals surface area contributed by atoms with E-state index in [1.165, 1.54) is 20.2 Å². The van der Waals surface area contributed by atoms with Crippen molar-refractivity contribution in [2.75, 3.05) is 0 Å². The molecule has 9 rings (SSSR count). The Balaban J connectivity index is 1.31. The largest absolute Gasteiger partial charge is 0.455 e. The number of thiophene rings is 1. The molecule has 5 heteroatoms. The summed E-state index contributed by atoms with van der Waals surface area (Å²) >= 11 is 1.76. The predicted octanol–water partition coefficient (Wildman–Crippen LogP) is 10.8. The SMILES string of the molecule is [2H]c1c([2H])c([2H])c(-c2nc(-c3ccccc3)nc(-c3cccc4oc5c(-c6cccc7c6sc6ccccc67)cccc5c34)n2)c([2H])c1[2H]. The van der Waals surface area contributed by atoms with Crippen molar-refractivity contribution < 1.29 is 11.3 Å². The Morgan fingerprint density at radius 2 is 1.18 bits per heavy atom. The molecule has 0 saturated carbocycles. The molecule has 0 bridgehead atoms. The maximum Gasteiger partial charge on any atom is 0.164 e. The first kappa shape index (κ1) is 20.3. The number of furan rings is 1. The first-order valence-electron chi connectivity index (χ1n) is 16.6. The molecule has 3 heterocycles. The van der Waals surface area contributed by atoms with Crippen molar-refractivity contribution in [2.45, 2.75) is 0 Å². The highest BCUT2D eigenvalue weighted by atomic mass is 32.1. The second-order valence-electron chi connectivity index (χ2n) is 10.4. The third kappa shape index (κ3) is 3.94. The Hall–Kier alpha value is -5.65. The summed E-state index contributed by atoms with van der Waals surface area (Å²) in [5, 5.41) is 4.11. The summed E-state index contributed by atoms with van der Waals surface area (Å²) in [7, 11) is 0. The van der Waals surface area contributed by atoms with Crippen molar-refractivity contribution in [1.29, 1.82) is 0 Å². The van der Waals surface area contributed by atoms with Crippen molar-refractivity contribution in [3.05, 3.63) is 139 Å². The van der Waals surface area contributed by atoms with E-state index in [-0.39, 0.29) is 23.5 Å². The van der Waals surface area contributed by atoms with Crippen LogP contribution in [-0.4, -0.2) is 15.0 Å². The second kappa shape index (κ2) is 9.97. The zero-order valence-corrected chi connectivity index (χ0v) is 23.9. The van der Waals surface area contributed by atoms with Gasteiger partial charge in [-0.15, -0.1) is 11.3 Å². The number of rotatable bonds is 4. The predicted molar refractivity (Wildman–Crippen MR) is 182 cm³/mol. The summed E-state index contributed by atoms with van der Waals surface area (Å²) in [4.78, 5) is 14.3. The summed E-state index contributed by atoms with van der Waals surface area (Å²) in [6, 6.07) is 33.8. The first-order valence-corrected chi connectivity index (χ1v) is 14.9. The molecule has 3 aromatic heterocycles. The molecule has 0 radical (unpaired) electrons. The van der Waals surface area contributed by atoms with Crippen molar-refractivity contribution in [3.63, 3.8) is 0 Å². The smallest absolute Gasteiger partial charge is 0.164 e. The van der Waals surface area contributed by atoms with Gasteiger partial charge in [-0.3, -0.25) is 0 Å². The molecule has 0 aliphatic heterocycles. The molecule has 0 aliphatic rings. The van der Waals surface area contributed by atoms with Gasteiger partial charge in [-0.05, 0) is 12.1 Å². The lowest BCUT2D eigenvalue weighted by Gasteiger charge is -2.09. The van der Waals surface area contributed by atoms with E-state index in [0.29, 0.717) is 28.4 Å². The van der Waals surface area contributed by atoms with Crippen LogP contribution < -0.4 is 0 Å². The van der Waals surface area contributed by atoms with Gasteiger partial charge in [0, 0.05) is 58.8 Å². The maximum atomic E-state index is 8.65. The van der Waals surface area contributed by atoms with E-state index in [4.69, 9.17) is 21.2 Å². The lowest BCUT2D eigenvalue weighted by Crippen LogP contribution is -2.00. The van der Waals surface area contributed by atoms with E-state index in [1.54, 1.807) is 11.3 Å². The minimum absolute atomic E-state index is 0.0113. The molecule has 4 nitrogen and oxygen atoms in total. The minimum Gasteiger partial charge on any atom is -0.455 e. The van der Waals surface area contributed by atoms with Gasteiger partial charge >= 0.3 is 0 Å². The molecule has 0 saturated heterocycles. The van der Waals surface area contributed by atoms with E-state index in [9.17, 15) is 0 Å². The van der Waals surface area contributed by atoms with E-state index in [2.05, 4.69) is 53.5 Å². The molecule has 6 aromatic carbocycles. The molecule has 0 unspecified atom stereocenters. The Kier molecular flexibility index (Phi) is 4.60. The van der Waals surface area contributed by atoms with Gasteiger partial charge in [0.1, 0.15) is 11.2 Å². The van der Waals surface area contributed by atoms with Crippen LogP contribution in [0.15, 0.2) is 144 Å². The van der Waals surface area contributed by atoms with Gasteiger partial charge in [0.05, 0.1) is 6.85 Å². The summed E-state index contributed by atoms with van der Waals surface area (Å²) in [5.41, 5.74) is 4.71. The zero-order valence-electron chi connectivity index (χ0n) is 28.1. The van der Waals surface area contributed by atoms with Gasteiger partial charge < -0.3 is 4.42 Å². The van der Waals surface area contributed by atoms with E-state index in [1.807, 2.05) is 60.7 Å². The van der Waals surface area contributed by atoms with Crippen LogP contribution in [0.25, 0.3) is 87.4 Å². The standard InChI is InChI=1S/C39H23N3OS/c1-3-12-24(13-4-1)37-40-38(25-14-5-2-6-15-25)42-39(41-37)31-21-11-22-32-34(31)30-20-9-17-27(35(30)43-32)29-19-10-18-28-26-16-7-8-23-33(26)44-36(28)29/h1-23H/i1D,3D,4D,12D,13D. The second-order valence-corrected chi connectivity index (χ2v) is 11.5. The number of hydrogen-bond donors (Lipinski definition) is 0. The molecule has 0 N–H and O–H groups in total. The van der Waals surface area contributed by atoms with Gasteiger partial charge in [-0.25, -0.2) is 15.0 Å². The molecule has 9 aromatic rings. The van der Waals surface area contributed by atoms with Crippen LogP contribution in [0.4, 0.5) is 0 Å². The van der Waals surface area contributed by atoms with Crippen LogP contribution in [0.5, 0.6) is 0 Å². The monoisotopic (exact) mass is 586 g/mol. The fraction of sp³-hybridized carbons (Fsp3) is 0.